The van der Waals surface area contributed by atoms with Gasteiger partial charge in [-0.3, -0.25) is 0 Å². The van der Waals surface area contributed by atoms with Gasteiger partial charge in [-0.05, 0) is 56.0 Å². The minimum Gasteiger partial charge on any atom is -0.399 e. The van der Waals surface area contributed by atoms with E-state index in [4.69, 9.17) is 5.73 Å². The highest BCUT2D eigenvalue weighted by molar-refractivity contribution is 7.98. The van der Waals surface area contributed by atoms with E-state index >= 15 is 0 Å². The number of nitrogens with two attached hydrogens (primary N) is 1. The van der Waals surface area contributed by atoms with Crippen LogP contribution in [0.5, 0.6) is 0 Å². The molecule has 1 rings (SSSR count). The number of benzene rings is 1. The van der Waals surface area contributed by atoms with Crippen molar-refractivity contribution in [2.24, 2.45) is 0 Å². The van der Waals surface area contributed by atoms with Gasteiger partial charge in [0.2, 0.25) is 0 Å². The van der Waals surface area contributed by atoms with Crippen molar-refractivity contribution in [3.63, 3.8) is 0 Å². The van der Waals surface area contributed by atoms with Gasteiger partial charge in [-0.1, -0.05) is 0 Å². The van der Waals surface area contributed by atoms with E-state index in [0.29, 0.717) is 6.04 Å². The van der Waals surface area contributed by atoms with Crippen molar-refractivity contribution in [1.29, 1.82) is 0 Å². The topological polar surface area (TPSA) is 29.3 Å². The van der Waals surface area contributed by atoms with Crippen LogP contribution in [0.3, 0.4) is 0 Å². The van der Waals surface area contributed by atoms with Gasteiger partial charge >= 0.3 is 0 Å². The van der Waals surface area contributed by atoms with Gasteiger partial charge < -0.3 is 10.6 Å². The van der Waals surface area contributed by atoms with Crippen LogP contribution in [0, 0.1) is 6.92 Å². The molecule has 1 unspecified atom stereocenters. The number of anilines is 2. The SMILES string of the molecule is CSCCC(C)N(C)c1cc(C)cc(N)c1. The molecular weight excluding hydrogens is 216 g/mol. The molecule has 0 amide bonds. The van der Waals surface area contributed by atoms with Gasteiger partial charge in [-0.25, -0.2) is 0 Å². The second-order valence-electron chi connectivity index (χ2n) is 4.34. The molecule has 1 aromatic carbocycles. The number of rotatable bonds is 5. The van der Waals surface area contributed by atoms with Gasteiger partial charge in [-0.15, -0.1) is 0 Å². The maximum atomic E-state index is 5.87. The average Bonchev–Trinajstić information content (AvgIpc) is 2.23. The predicted molar refractivity (Wildman–Crippen MR) is 76.5 cm³/mol. The molecule has 0 aliphatic heterocycles. The zero-order valence-electron chi connectivity index (χ0n) is 10.7. The summed E-state index contributed by atoms with van der Waals surface area (Å²) in [4.78, 5) is 2.31. The lowest BCUT2D eigenvalue weighted by Crippen LogP contribution is -2.29. The van der Waals surface area contributed by atoms with Crippen LogP contribution in [-0.4, -0.2) is 25.1 Å². The third-order valence-corrected chi connectivity index (χ3v) is 3.54. The van der Waals surface area contributed by atoms with E-state index in [2.05, 4.69) is 38.1 Å². The Labute approximate surface area is 103 Å². The molecule has 90 valence electrons. The van der Waals surface area contributed by atoms with Crippen LogP contribution < -0.4 is 10.6 Å². The summed E-state index contributed by atoms with van der Waals surface area (Å²) in [7, 11) is 2.14. The van der Waals surface area contributed by atoms with Gasteiger partial charge in [0.1, 0.15) is 0 Å². The zero-order chi connectivity index (χ0) is 12.1. The van der Waals surface area contributed by atoms with Crippen LogP contribution in [0.2, 0.25) is 0 Å². The van der Waals surface area contributed by atoms with E-state index in [-0.39, 0.29) is 0 Å². The first-order valence-corrected chi connectivity index (χ1v) is 7.03. The lowest BCUT2D eigenvalue weighted by atomic mass is 10.1. The molecule has 0 saturated carbocycles. The fraction of sp³-hybridized carbons (Fsp3) is 0.538. The first-order chi connectivity index (χ1) is 7.54. The molecule has 0 spiro atoms. The molecule has 3 heteroatoms. The fourth-order valence-corrected chi connectivity index (χ4v) is 2.31. The largest absolute Gasteiger partial charge is 0.399 e. The third-order valence-electron chi connectivity index (χ3n) is 2.89. The molecule has 0 aliphatic carbocycles. The van der Waals surface area contributed by atoms with E-state index in [1.54, 1.807) is 0 Å². The van der Waals surface area contributed by atoms with Crippen LogP contribution in [-0.2, 0) is 0 Å². The Bertz CT molecular complexity index is 318. The summed E-state index contributed by atoms with van der Waals surface area (Å²) in [6.45, 7) is 4.34. The van der Waals surface area contributed by atoms with Crippen molar-refractivity contribution < 1.29 is 0 Å². The summed E-state index contributed by atoms with van der Waals surface area (Å²) in [6.07, 6.45) is 3.35. The molecular formula is C13H22N2S. The number of nitrogens with zero attached hydrogens (tertiary/aromatic N) is 1. The Kier molecular flexibility index (Phi) is 5.00. The highest BCUT2D eigenvalue weighted by atomic mass is 32.2. The van der Waals surface area contributed by atoms with E-state index in [9.17, 15) is 0 Å². The number of nitrogen functional groups attached to an aromatic ring is 1. The molecule has 0 aliphatic rings. The smallest absolute Gasteiger partial charge is 0.0389 e. The first kappa shape index (κ1) is 13.2. The maximum Gasteiger partial charge on any atom is 0.0389 e. The minimum absolute atomic E-state index is 0.550. The highest BCUT2D eigenvalue weighted by Gasteiger charge is 2.10. The molecule has 0 heterocycles. The molecule has 0 aromatic heterocycles. The summed E-state index contributed by atoms with van der Waals surface area (Å²) in [5, 5.41) is 0. The second-order valence-corrected chi connectivity index (χ2v) is 5.33. The monoisotopic (exact) mass is 238 g/mol. The lowest BCUT2D eigenvalue weighted by Gasteiger charge is -2.27. The molecule has 2 nitrogen and oxygen atoms in total. The Morgan fingerprint density at radius 2 is 2.06 bits per heavy atom. The molecule has 0 bridgehead atoms. The Morgan fingerprint density at radius 3 is 2.62 bits per heavy atom. The standard InChI is InChI=1S/C13H22N2S/c1-10-7-12(14)9-13(8-10)15(3)11(2)5-6-16-4/h7-9,11H,5-6,14H2,1-4H3. The lowest BCUT2D eigenvalue weighted by molar-refractivity contribution is 0.669. The van der Waals surface area contributed by atoms with Crippen molar-refractivity contribution in [3.05, 3.63) is 23.8 Å². The molecule has 1 aromatic rings. The van der Waals surface area contributed by atoms with Gasteiger partial charge in [0, 0.05) is 24.5 Å². The summed E-state index contributed by atoms with van der Waals surface area (Å²) < 4.78 is 0. The number of aryl methyl sites for hydroxylation is 1. The second kappa shape index (κ2) is 6.04. The average molecular weight is 238 g/mol. The molecule has 2 N–H and O–H groups in total. The van der Waals surface area contributed by atoms with Gasteiger partial charge in [0.15, 0.2) is 0 Å². The van der Waals surface area contributed by atoms with Crippen molar-refractivity contribution in [1.82, 2.24) is 0 Å². The summed E-state index contributed by atoms with van der Waals surface area (Å²) in [5.74, 6) is 1.20. The van der Waals surface area contributed by atoms with Crippen molar-refractivity contribution in [2.75, 3.05) is 29.7 Å². The summed E-state index contributed by atoms with van der Waals surface area (Å²) >= 11 is 1.90. The van der Waals surface area contributed by atoms with Gasteiger partial charge in [-0.2, -0.15) is 11.8 Å². The van der Waals surface area contributed by atoms with E-state index in [1.165, 1.54) is 23.4 Å². The fourth-order valence-electron chi connectivity index (χ4n) is 1.73. The van der Waals surface area contributed by atoms with Gasteiger partial charge in [0.25, 0.3) is 0 Å². The van der Waals surface area contributed by atoms with Crippen LogP contribution >= 0.6 is 11.8 Å². The Hall–Kier alpha value is -0.830. The first-order valence-electron chi connectivity index (χ1n) is 5.63. The molecule has 16 heavy (non-hydrogen) atoms. The number of hydrogen-bond donors (Lipinski definition) is 1. The van der Waals surface area contributed by atoms with Crippen LogP contribution in [0.4, 0.5) is 11.4 Å². The van der Waals surface area contributed by atoms with Crippen LogP contribution in [0.25, 0.3) is 0 Å². The Balaban J connectivity index is 2.74. The number of hydrogen-bond acceptors (Lipinski definition) is 3. The van der Waals surface area contributed by atoms with E-state index in [0.717, 1.165) is 5.69 Å². The quantitative estimate of drug-likeness (QED) is 0.799. The van der Waals surface area contributed by atoms with Crippen LogP contribution in [0.1, 0.15) is 18.9 Å². The third kappa shape index (κ3) is 3.63. The molecule has 0 radical (unpaired) electrons. The number of thioether (sulfide) groups is 1. The van der Waals surface area contributed by atoms with Crippen molar-refractivity contribution in [2.45, 2.75) is 26.3 Å². The molecule has 0 fully saturated rings. The normalized spacial score (nSPS) is 12.5. The van der Waals surface area contributed by atoms with Gasteiger partial charge in [0.05, 0.1) is 0 Å². The van der Waals surface area contributed by atoms with Crippen LogP contribution in [0.15, 0.2) is 18.2 Å². The highest BCUT2D eigenvalue weighted by Crippen LogP contribution is 2.22. The molecule has 1 atom stereocenters. The summed E-state index contributed by atoms with van der Waals surface area (Å²) in [6, 6.07) is 6.78. The van der Waals surface area contributed by atoms with Crippen molar-refractivity contribution in [3.8, 4) is 0 Å². The van der Waals surface area contributed by atoms with E-state index in [1.807, 2.05) is 23.9 Å². The maximum absolute atomic E-state index is 5.87. The molecule has 0 saturated heterocycles. The Morgan fingerprint density at radius 1 is 1.38 bits per heavy atom. The zero-order valence-corrected chi connectivity index (χ0v) is 11.5. The van der Waals surface area contributed by atoms with Crippen molar-refractivity contribution >= 4 is 23.1 Å². The summed E-state index contributed by atoms with van der Waals surface area (Å²) in [5.41, 5.74) is 9.15. The minimum atomic E-state index is 0.550. The van der Waals surface area contributed by atoms with E-state index < -0.39 is 0 Å². The predicted octanol–water partition coefficient (Wildman–Crippen LogP) is 3.16.